The van der Waals surface area contributed by atoms with Crippen molar-refractivity contribution < 1.29 is 9.90 Å². The van der Waals surface area contributed by atoms with Gasteiger partial charge < -0.3 is 4.90 Å². The molecule has 1 aromatic carbocycles. The van der Waals surface area contributed by atoms with Crippen LogP contribution in [0.25, 0.3) is 0 Å². The van der Waals surface area contributed by atoms with Crippen LogP contribution in [0.3, 0.4) is 0 Å². The summed E-state index contributed by atoms with van der Waals surface area (Å²) >= 11 is 0. The molecule has 0 aromatic heterocycles. The summed E-state index contributed by atoms with van der Waals surface area (Å²) in [7, 11) is 0. The molecule has 1 amide bonds. The van der Waals surface area contributed by atoms with Crippen molar-refractivity contribution in [2.45, 2.75) is 19.8 Å². The normalized spacial score (nSPS) is 10.0. The van der Waals surface area contributed by atoms with Crippen LogP contribution >= 0.6 is 0 Å². The molecule has 3 heteroatoms. The van der Waals surface area contributed by atoms with Gasteiger partial charge in [0.05, 0.1) is 6.61 Å². The molecule has 0 aliphatic carbocycles. The highest BCUT2D eigenvalue weighted by Gasteiger charge is 2.12. The summed E-state index contributed by atoms with van der Waals surface area (Å²) in [4.78, 5) is 13.3. The molecule has 0 aliphatic rings. The summed E-state index contributed by atoms with van der Waals surface area (Å²) in [5.41, 5.74) is 0.873. The summed E-state index contributed by atoms with van der Waals surface area (Å²) in [5.74, 6) is 0.0645. The maximum atomic E-state index is 11.6. The summed E-state index contributed by atoms with van der Waals surface area (Å²) in [5, 5.41) is 10.4. The molecule has 0 unspecified atom stereocenters. The smallest absolute Gasteiger partial charge is 0.226 e. The van der Waals surface area contributed by atoms with Crippen molar-refractivity contribution in [3.8, 4) is 0 Å². The van der Waals surface area contributed by atoms with E-state index >= 15 is 0 Å². The molecule has 0 spiro atoms. The number of rotatable bonds is 5. The van der Waals surface area contributed by atoms with Gasteiger partial charge in [0, 0.05) is 18.7 Å². The number of anilines is 1. The van der Waals surface area contributed by atoms with E-state index in [0.29, 0.717) is 19.4 Å². The van der Waals surface area contributed by atoms with Crippen LogP contribution in [0.5, 0.6) is 0 Å². The van der Waals surface area contributed by atoms with E-state index in [2.05, 4.69) is 0 Å². The third-order valence-electron chi connectivity index (χ3n) is 2.20. The van der Waals surface area contributed by atoms with Gasteiger partial charge in [0.2, 0.25) is 5.91 Å². The number of amides is 1. The molecular formula is C12H16NO2. The van der Waals surface area contributed by atoms with E-state index in [1.807, 2.05) is 37.3 Å². The number of benzene rings is 1. The summed E-state index contributed by atoms with van der Waals surface area (Å²) in [6, 6.07) is 9.47. The second-order valence-corrected chi connectivity index (χ2v) is 3.29. The van der Waals surface area contributed by atoms with Gasteiger partial charge >= 0.3 is 0 Å². The average molecular weight is 206 g/mol. The lowest BCUT2D eigenvalue weighted by molar-refractivity contribution is -0.118. The number of carbonyl (C=O) groups excluding carboxylic acids is 1. The lowest BCUT2D eigenvalue weighted by atomic mass is 10.2. The lowest BCUT2D eigenvalue weighted by Crippen LogP contribution is -2.31. The van der Waals surface area contributed by atoms with Gasteiger partial charge in [-0.2, -0.15) is 0 Å². The molecule has 3 nitrogen and oxygen atoms in total. The Bertz CT molecular complexity index is 298. The van der Waals surface area contributed by atoms with Crippen molar-refractivity contribution in [3.63, 3.8) is 0 Å². The zero-order valence-electron chi connectivity index (χ0n) is 8.98. The van der Waals surface area contributed by atoms with Crippen LogP contribution in [0, 0.1) is 0 Å². The second kappa shape index (κ2) is 6.19. The molecule has 0 heterocycles. The lowest BCUT2D eigenvalue weighted by Gasteiger charge is -2.21. The number of nitrogens with zero attached hydrogens (tertiary/aromatic N) is 1. The molecule has 0 fully saturated rings. The van der Waals surface area contributed by atoms with Crippen molar-refractivity contribution in [1.82, 2.24) is 0 Å². The van der Waals surface area contributed by atoms with Crippen molar-refractivity contribution in [3.05, 3.63) is 30.3 Å². The Hall–Kier alpha value is -1.35. The first-order valence-corrected chi connectivity index (χ1v) is 5.23. The highest BCUT2D eigenvalue weighted by Crippen LogP contribution is 2.14. The van der Waals surface area contributed by atoms with Crippen molar-refractivity contribution in [2.24, 2.45) is 0 Å². The predicted octanol–water partition coefficient (Wildman–Crippen LogP) is 2.25. The van der Waals surface area contributed by atoms with Crippen molar-refractivity contribution in [2.75, 3.05) is 18.1 Å². The molecule has 81 valence electrons. The Morgan fingerprint density at radius 3 is 2.47 bits per heavy atom. The average Bonchev–Trinajstić information content (AvgIpc) is 2.30. The maximum absolute atomic E-state index is 11.6. The van der Waals surface area contributed by atoms with E-state index in [-0.39, 0.29) is 12.5 Å². The second-order valence-electron chi connectivity index (χ2n) is 3.29. The van der Waals surface area contributed by atoms with Crippen LogP contribution in [0.4, 0.5) is 5.69 Å². The molecule has 1 rings (SSSR count). The quantitative estimate of drug-likeness (QED) is 0.728. The summed E-state index contributed by atoms with van der Waals surface area (Å²) < 4.78 is 0. The Labute approximate surface area is 90.3 Å². The Balaban J connectivity index is 2.76. The first-order chi connectivity index (χ1) is 7.29. The van der Waals surface area contributed by atoms with Crippen LogP contribution in [0.2, 0.25) is 0 Å². The first kappa shape index (κ1) is 11.7. The van der Waals surface area contributed by atoms with Crippen molar-refractivity contribution >= 4 is 11.6 Å². The number of hydrogen-bond donors (Lipinski definition) is 0. The van der Waals surface area contributed by atoms with Crippen LogP contribution in [0.1, 0.15) is 19.8 Å². The number of hydrogen-bond acceptors (Lipinski definition) is 1. The van der Waals surface area contributed by atoms with E-state index in [4.69, 9.17) is 0 Å². The summed E-state index contributed by atoms with van der Waals surface area (Å²) in [6.07, 6.45) is 0.967. The molecule has 0 saturated heterocycles. The Morgan fingerprint density at radius 2 is 1.93 bits per heavy atom. The molecule has 0 atom stereocenters. The van der Waals surface area contributed by atoms with Gasteiger partial charge in [-0.15, -0.1) is 0 Å². The fourth-order valence-electron chi connectivity index (χ4n) is 1.42. The van der Waals surface area contributed by atoms with E-state index in [1.54, 1.807) is 4.90 Å². The standard InChI is InChI=1S/C12H16NO2/c1-2-12(15)13(9-6-10-14)11-7-4-3-5-8-11/h3-5,7-8H,2,6,9-10H2,1H3. The summed E-state index contributed by atoms with van der Waals surface area (Å²) in [6.45, 7) is 2.20. The van der Waals surface area contributed by atoms with Gasteiger partial charge in [-0.1, -0.05) is 25.1 Å². The molecule has 0 N–H and O–H groups in total. The van der Waals surface area contributed by atoms with E-state index in [1.165, 1.54) is 0 Å². The number of para-hydroxylation sites is 1. The largest absolute Gasteiger partial charge is 0.312 e. The zero-order chi connectivity index (χ0) is 11.1. The van der Waals surface area contributed by atoms with Crippen molar-refractivity contribution in [1.29, 1.82) is 0 Å². The zero-order valence-corrected chi connectivity index (χ0v) is 8.98. The Morgan fingerprint density at radius 1 is 1.27 bits per heavy atom. The topological polar surface area (TPSA) is 40.2 Å². The molecular weight excluding hydrogens is 190 g/mol. The highest BCUT2D eigenvalue weighted by molar-refractivity contribution is 5.93. The van der Waals surface area contributed by atoms with Gasteiger partial charge in [-0.05, 0) is 18.6 Å². The first-order valence-electron chi connectivity index (χ1n) is 5.23. The fourth-order valence-corrected chi connectivity index (χ4v) is 1.42. The van der Waals surface area contributed by atoms with Gasteiger partial charge in [-0.3, -0.25) is 4.79 Å². The molecule has 15 heavy (non-hydrogen) atoms. The molecule has 1 radical (unpaired) electrons. The predicted molar refractivity (Wildman–Crippen MR) is 59.3 cm³/mol. The molecule has 0 saturated carbocycles. The van der Waals surface area contributed by atoms with Gasteiger partial charge in [0.25, 0.3) is 0 Å². The van der Waals surface area contributed by atoms with E-state index in [9.17, 15) is 9.90 Å². The number of carbonyl (C=O) groups is 1. The van der Waals surface area contributed by atoms with Crippen LogP contribution in [0.15, 0.2) is 30.3 Å². The highest BCUT2D eigenvalue weighted by atomic mass is 16.3. The molecule has 1 aromatic rings. The maximum Gasteiger partial charge on any atom is 0.226 e. The van der Waals surface area contributed by atoms with Gasteiger partial charge in [-0.25, -0.2) is 5.11 Å². The minimum Gasteiger partial charge on any atom is -0.312 e. The SMILES string of the molecule is CCC(=O)N(CCC[O])c1ccccc1. The molecule has 0 aliphatic heterocycles. The van der Waals surface area contributed by atoms with Gasteiger partial charge in [0.1, 0.15) is 0 Å². The van der Waals surface area contributed by atoms with Crippen LogP contribution in [-0.2, 0) is 9.90 Å². The minimum absolute atomic E-state index is 0.0645. The third-order valence-corrected chi connectivity index (χ3v) is 2.20. The minimum atomic E-state index is -0.139. The van der Waals surface area contributed by atoms with E-state index in [0.717, 1.165) is 5.69 Å². The fraction of sp³-hybridized carbons (Fsp3) is 0.417. The third kappa shape index (κ3) is 3.36. The van der Waals surface area contributed by atoms with Crippen LogP contribution in [-0.4, -0.2) is 19.1 Å². The van der Waals surface area contributed by atoms with Gasteiger partial charge in [0.15, 0.2) is 0 Å². The molecule has 0 bridgehead atoms. The van der Waals surface area contributed by atoms with Crippen LogP contribution < -0.4 is 4.90 Å². The van der Waals surface area contributed by atoms with E-state index < -0.39 is 0 Å². The monoisotopic (exact) mass is 206 g/mol. The Kier molecular flexibility index (Phi) is 4.84.